The van der Waals surface area contributed by atoms with Crippen molar-refractivity contribution in [3.63, 3.8) is 0 Å². The standard InChI is InChI=1S/C26H32N2O5/c1-6-15-33-20-11-12-21(17(2)16-20)24(29)22-23(18-7-9-19(32-5)10-8-18)28(14-13-27(3)4)26(31)25(22)30/h7-12,16,23,29H,6,13-15H2,1-5H3/t23-/m0/s1. The van der Waals surface area contributed by atoms with Gasteiger partial charge in [-0.25, -0.2) is 0 Å². The van der Waals surface area contributed by atoms with E-state index < -0.39 is 17.7 Å². The largest absolute Gasteiger partial charge is 0.507 e. The number of likely N-dealkylation sites (tertiary alicyclic amines) is 1. The first-order valence-electron chi connectivity index (χ1n) is 11.1. The molecule has 7 nitrogen and oxygen atoms in total. The van der Waals surface area contributed by atoms with E-state index in [0.29, 0.717) is 36.8 Å². The molecule has 1 atom stereocenters. The molecule has 0 aliphatic carbocycles. The quantitative estimate of drug-likeness (QED) is 0.354. The van der Waals surface area contributed by atoms with E-state index in [4.69, 9.17) is 9.47 Å². The van der Waals surface area contributed by atoms with Gasteiger partial charge in [0.1, 0.15) is 17.3 Å². The minimum Gasteiger partial charge on any atom is -0.507 e. The molecule has 0 unspecified atom stereocenters. The zero-order valence-electron chi connectivity index (χ0n) is 19.9. The van der Waals surface area contributed by atoms with Crippen LogP contribution in [-0.4, -0.2) is 67.5 Å². The Labute approximate surface area is 195 Å². The molecule has 2 aromatic carbocycles. The van der Waals surface area contributed by atoms with E-state index in [9.17, 15) is 14.7 Å². The van der Waals surface area contributed by atoms with Gasteiger partial charge in [-0.05, 0) is 68.9 Å². The maximum Gasteiger partial charge on any atom is 0.295 e. The lowest BCUT2D eigenvalue weighted by Crippen LogP contribution is -2.35. The Balaban J connectivity index is 2.10. The highest BCUT2D eigenvalue weighted by Gasteiger charge is 2.46. The van der Waals surface area contributed by atoms with Gasteiger partial charge in [0.25, 0.3) is 11.7 Å². The number of ether oxygens (including phenoxy) is 2. The summed E-state index contributed by atoms with van der Waals surface area (Å²) in [5.74, 6) is -0.106. The summed E-state index contributed by atoms with van der Waals surface area (Å²) in [5.41, 5.74) is 2.09. The Morgan fingerprint density at radius 3 is 2.33 bits per heavy atom. The van der Waals surface area contributed by atoms with Gasteiger partial charge in [-0.2, -0.15) is 0 Å². The molecule has 3 rings (SSSR count). The number of Topliss-reactive ketones (excluding diaryl/α,β-unsaturated/α-hetero) is 1. The number of carbonyl (C=O) groups is 2. The first-order valence-corrected chi connectivity index (χ1v) is 11.1. The zero-order valence-corrected chi connectivity index (χ0v) is 19.9. The predicted octanol–water partition coefficient (Wildman–Crippen LogP) is 3.78. The molecule has 0 radical (unpaired) electrons. The summed E-state index contributed by atoms with van der Waals surface area (Å²) in [4.78, 5) is 29.6. The van der Waals surface area contributed by atoms with Gasteiger partial charge >= 0.3 is 0 Å². The van der Waals surface area contributed by atoms with Gasteiger partial charge in [-0.1, -0.05) is 19.1 Å². The summed E-state index contributed by atoms with van der Waals surface area (Å²) in [7, 11) is 5.39. The van der Waals surface area contributed by atoms with Gasteiger partial charge in [0.15, 0.2) is 0 Å². The molecule has 1 saturated heterocycles. The highest BCUT2D eigenvalue weighted by Crippen LogP contribution is 2.40. The molecular formula is C26H32N2O5. The smallest absolute Gasteiger partial charge is 0.295 e. The maximum absolute atomic E-state index is 13.1. The molecule has 1 N–H and O–H groups in total. The predicted molar refractivity (Wildman–Crippen MR) is 128 cm³/mol. The number of amides is 1. The first-order chi connectivity index (χ1) is 15.8. The third kappa shape index (κ3) is 5.20. The van der Waals surface area contributed by atoms with Crippen molar-refractivity contribution in [2.45, 2.75) is 26.3 Å². The van der Waals surface area contributed by atoms with Crippen LogP contribution in [0.3, 0.4) is 0 Å². The number of hydrogen-bond acceptors (Lipinski definition) is 6. The van der Waals surface area contributed by atoms with Gasteiger partial charge in [0, 0.05) is 18.7 Å². The second-order valence-corrected chi connectivity index (χ2v) is 8.39. The van der Waals surface area contributed by atoms with E-state index >= 15 is 0 Å². The topological polar surface area (TPSA) is 79.3 Å². The lowest BCUT2D eigenvalue weighted by atomic mass is 9.94. The van der Waals surface area contributed by atoms with Crippen LogP contribution in [0.4, 0.5) is 0 Å². The number of methoxy groups -OCH3 is 1. The number of likely N-dealkylation sites (N-methyl/N-ethyl adjacent to an activating group) is 1. The summed E-state index contributed by atoms with van der Waals surface area (Å²) in [6.45, 7) is 5.41. The van der Waals surface area contributed by atoms with Crippen LogP contribution in [0.15, 0.2) is 48.0 Å². The SMILES string of the molecule is CCCOc1ccc(C(O)=C2C(=O)C(=O)N(CCN(C)C)[C@H]2c2ccc(OC)cc2)c(C)c1. The second-order valence-electron chi connectivity index (χ2n) is 8.39. The van der Waals surface area contributed by atoms with E-state index in [2.05, 4.69) is 0 Å². The summed E-state index contributed by atoms with van der Waals surface area (Å²) in [6, 6.07) is 11.8. The molecule has 33 heavy (non-hydrogen) atoms. The zero-order chi connectivity index (χ0) is 24.1. The minimum absolute atomic E-state index is 0.0919. The molecule has 2 aromatic rings. The van der Waals surface area contributed by atoms with Crippen LogP contribution < -0.4 is 9.47 Å². The average molecular weight is 453 g/mol. The molecule has 176 valence electrons. The Kier molecular flexibility index (Phi) is 7.76. The van der Waals surface area contributed by atoms with Crippen molar-refractivity contribution < 1.29 is 24.2 Å². The molecular weight excluding hydrogens is 420 g/mol. The summed E-state index contributed by atoms with van der Waals surface area (Å²) in [6.07, 6.45) is 0.888. The van der Waals surface area contributed by atoms with Crippen molar-refractivity contribution in [3.8, 4) is 11.5 Å². The number of nitrogens with zero attached hydrogens (tertiary/aromatic N) is 2. The minimum atomic E-state index is -0.689. The molecule has 1 aliphatic rings. The van der Waals surface area contributed by atoms with Gasteiger partial charge in [-0.15, -0.1) is 0 Å². The summed E-state index contributed by atoms with van der Waals surface area (Å²) in [5, 5.41) is 11.3. The maximum atomic E-state index is 13.1. The Morgan fingerprint density at radius 2 is 1.76 bits per heavy atom. The lowest BCUT2D eigenvalue weighted by Gasteiger charge is -2.26. The van der Waals surface area contributed by atoms with Crippen molar-refractivity contribution in [1.82, 2.24) is 9.80 Å². The number of benzene rings is 2. The van der Waals surface area contributed by atoms with Crippen LogP contribution >= 0.6 is 0 Å². The molecule has 0 spiro atoms. The fourth-order valence-electron chi connectivity index (χ4n) is 3.91. The Bertz CT molecular complexity index is 1040. The number of carbonyl (C=O) groups excluding carboxylic acids is 2. The number of aliphatic hydroxyl groups excluding tert-OH is 1. The highest BCUT2D eigenvalue weighted by molar-refractivity contribution is 6.46. The van der Waals surface area contributed by atoms with E-state index in [1.54, 1.807) is 31.4 Å². The molecule has 7 heteroatoms. The van der Waals surface area contributed by atoms with Gasteiger partial charge in [0.05, 0.1) is 25.3 Å². The van der Waals surface area contributed by atoms with Crippen molar-refractivity contribution in [2.24, 2.45) is 0 Å². The molecule has 0 aromatic heterocycles. The van der Waals surface area contributed by atoms with Crippen molar-refractivity contribution >= 4 is 17.4 Å². The van der Waals surface area contributed by atoms with Gasteiger partial charge in [-0.3, -0.25) is 9.59 Å². The number of aryl methyl sites for hydroxylation is 1. The molecule has 1 amide bonds. The fraction of sp³-hybridized carbons (Fsp3) is 0.385. The summed E-state index contributed by atoms with van der Waals surface area (Å²) >= 11 is 0. The number of rotatable bonds is 9. The molecule has 1 aliphatic heterocycles. The van der Waals surface area contributed by atoms with Crippen LogP contribution in [0, 0.1) is 6.92 Å². The van der Waals surface area contributed by atoms with Gasteiger partial charge in [0.2, 0.25) is 0 Å². The average Bonchev–Trinajstić information content (AvgIpc) is 3.05. The van der Waals surface area contributed by atoms with Crippen molar-refractivity contribution in [1.29, 1.82) is 0 Å². The van der Waals surface area contributed by atoms with Gasteiger partial charge < -0.3 is 24.4 Å². The van der Waals surface area contributed by atoms with Crippen LogP contribution in [0.5, 0.6) is 11.5 Å². The second kappa shape index (κ2) is 10.5. The van der Waals surface area contributed by atoms with Crippen LogP contribution in [0.1, 0.15) is 36.1 Å². The monoisotopic (exact) mass is 452 g/mol. The van der Waals surface area contributed by atoms with Crippen molar-refractivity contribution in [2.75, 3.05) is 40.9 Å². The fourth-order valence-corrected chi connectivity index (χ4v) is 3.91. The third-order valence-electron chi connectivity index (χ3n) is 5.69. The normalized spacial score (nSPS) is 17.6. The lowest BCUT2D eigenvalue weighted by molar-refractivity contribution is -0.140. The van der Waals surface area contributed by atoms with Crippen LogP contribution in [0.2, 0.25) is 0 Å². The molecule has 1 fully saturated rings. The number of hydrogen-bond donors (Lipinski definition) is 1. The molecule has 1 heterocycles. The van der Waals surface area contributed by atoms with E-state index in [0.717, 1.165) is 17.5 Å². The van der Waals surface area contributed by atoms with E-state index in [1.165, 1.54) is 4.90 Å². The molecule has 0 bridgehead atoms. The number of aliphatic hydroxyl groups is 1. The van der Waals surface area contributed by atoms with Crippen LogP contribution in [0.25, 0.3) is 5.76 Å². The third-order valence-corrected chi connectivity index (χ3v) is 5.69. The first kappa shape index (κ1) is 24.3. The summed E-state index contributed by atoms with van der Waals surface area (Å²) < 4.78 is 10.9. The van der Waals surface area contributed by atoms with Crippen LogP contribution in [-0.2, 0) is 9.59 Å². The number of ketones is 1. The van der Waals surface area contributed by atoms with E-state index in [1.807, 2.05) is 51.0 Å². The van der Waals surface area contributed by atoms with Crippen molar-refractivity contribution in [3.05, 3.63) is 64.7 Å². The van der Waals surface area contributed by atoms with E-state index in [-0.39, 0.29) is 11.3 Å². The Morgan fingerprint density at radius 1 is 1.09 bits per heavy atom. The molecule has 0 saturated carbocycles. The Hall–Kier alpha value is -3.32. The highest BCUT2D eigenvalue weighted by atomic mass is 16.5.